The number of hydrogen-bond acceptors (Lipinski definition) is 3. The predicted molar refractivity (Wildman–Crippen MR) is 58.4 cm³/mol. The highest BCUT2D eigenvalue weighted by Crippen LogP contribution is 2.53. The molecule has 0 bridgehead atoms. The van der Waals surface area contributed by atoms with Crippen molar-refractivity contribution in [3.63, 3.8) is 0 Å². The number of nitrogens with two attached hydrogens (primary N) is 1. The van der Waals surface area contributed by atoms with E-state index in [0.29, 0.717) is 6.54 Å². The van der Waals surface area contributed by atoms with E-state index in [1.807, 2.05) is 0 Å². The third kappa shape index (κ3) is 1.26. The molecule has 2 unspecified atom stereocenters. The molecule has 1 aromatic rings. The van der Waals surface area contributed by atoms with E-state index in [9.17, 15) is 14.0 Å². The van der Waals surface area contributed by atoms with E-state index in [4.69, 9.17) is 5.73 Å². The molecule has 0 spiro atoms. The van der Waals surface area contributed by atoms with Crippen LogP contribution in [-0.4, -0.2) is 18.4 Å². The van der Waals surface area contributed by atoms with Gasteiger partial charge in [0.2, 0.25) is 11.8 Å². The number of halogens is 1. The summed E-state index contributed by atoms with van der Waals surface area (Å²) in [5.74, 6) is -1.89. The smallest absolute Gasteiger partial charge is 0.238 e. The average Bonchev–Trinajstić information content (AvgIpc) is 2.99. The molecule has 1 aromatic carbocycles. The normalized spacial score (nSPS) is 30.7. The highest BCUT2D eigenvalue weighted by molar-refractivity contribution is 6.25. The van der Waals surface area contributed by atoms with E-state index in [2.05, 4.69) is 0 Å². The first-order chi connectivity index (χ1) is 8.16. The van der Waals surface area contributed by atoms with E-state index in [-0.39, 0.29) is 35.3 Å². The van der Waals surface area contributed by atoms with Gasteiger partial charge >= 0.3 is 0 Å². The monoisotopic (exact) mass is 234 g/mol. The molecule has 1 saturated heterocycles. The zero-order chi connectivity index (χ0) is 12.2. The molecule has 1 saturated carbocycles. The van der Waals surface area contributed by atoms with Crippen LogP contribution in [0.3, 0.4) is 0 Å². The van der Waals surface area contributed by atoms with Crippen LogP contribution in [0.25, 0.3) is 0 Å². The largest absolute Gasteiger partial charge is 0.330 e. The number of rotatable bonds is 2. The fourth-order valence-electron chi connectivity index (χ4n) is 2.62. The van der Waals surface area contributed by atoms with Crippen molar-refractivity contribution in [2.24, 2.45) is 23.5 Å². The zero-order valence-corrected chi connectivity index (χ0v) is 8.97. The molecule has 1 aliphatic carbocycles. The molecule has 17 heavy (non-hydrogen) atoms. The van der Waals surface area contributed by atoms with E-state index < -0.39 is 5.82 Å². The molecule has 1 heterocycles. The maximum absolute atomic E-state index is 13.5. The molecular formula is C12H11FN2O2. The maximum atomic E-state index is 13.5. The second-order valence-corrected chi connectivity index (χ2v) is 4.41. The van der Waals surface area contributed by atoms with Gasteiger partial charge in [-0.2, -0.15) is 0 Å². The van der Waals surface area contributed by atoms with Crippen LogP contribution in [0.15, 0.2) is 24.3 Å². The van der Waals surface area contributed by atoms with Crippen molar-refractivity contribution in [2.75, 3.05) is 11.4 Å². The van der Waals surface area contributed by atoms with Crippen LogP contribution in [-0.2, 0) is 9.59 Å². The van der Waals surface area contributed by atoms with Crippen LogP contribution in [0.4, 0.5) is 10.1 Å². The molecule has 2 amide bonds. The number of piperidine rings is 1. The highest BCUT2D eigenvalue weighted by Gasteiger charge is 2.66. The minimum Gasteiger partial charge on any atom is -0.330 e. The zero-order valence-electron chi connectivity index (χ0n) is 8.97. The van der Waals surface area contributed by atoms with Crippen LogP contribution < -0.4 is 10.6 Å². The lowest BCUT2D eigenvalue weighted by molar-refractivity contribution is -0.124. The van der Waals surface area contributed by atoms with Gasteiger partial charge in [0.1, 0.15) is 5.82 Å². The lowest BCUT2D eigenvalue weighted by atomic mass is 10.2. The Hall–Kier alpha value is -1.75. The lowest BCUT2D eigenvalue weighted by Gasteiger charge is -2.18. The van der Waals surface area contributed by atoms with Crippen molar-refractivity contribution in [1.82, 2.24) is 0 Å². The molecule has 4 nitrogen and oxygen atoms in total. The summed E-state index contributed by atoms with van der Waals surface area (Å²) in [6, 6.07) is 5.80. The predicted octanol–water partition coefficient (Wildman–Crippen LogP) is 0.520. The summed E-state index contributed by atoms with van der Waals surface area (Å²) in [7, 11) is 0. The second kappa shape index (κ2) is 3.37. The summed E-state index contributed by atoms with van der Waals surface area (Å²) in [5.41, 5.74) is 5.51. The van der Waals surface area contributed by atoms with Crippen LogP contribution in [0.2, 0.25) is 0 Å². The topological polar surface area (TPSA) is 63.4 Å². The Morgan fingerprint density at radius 1 is 1.18 bits per heavy atom. The minimum atomic E-state index is -0.556. The average molecular weight is 234 g/mol. The van der Waals surface area contributed by atoms with Gasteiger partial charge in [0.15, 0.2) is 0 Å². The minimum absolute atomic E-state index is 0.0435. The van der Waals surface area contributed by atoms with Gasteiger partial charge in [-0.1, -0.05) is 12.1 Å². The summed E-state index contributed by atoms with van der Waals surface area (Å²) in [4.78, 5) is 24.9. The molecule has 0 radical (unpaired) electrons. The quantitative estimate of drug-likeness (QED) is 0.759. The summed E-state index contributed by atoms with van der Waals surface area (Å²) >= 11 is 0. The third-order valence-electron chi connectivity index (χ3n) is 3.55. The van der Waals surface area contributed by atoms with Gasteiger partial charge in [0, 0.05) is 0 Å². The van der Waals surface area contributed by atoms with Gasteiger partial charge in [-0.05, 0) is 24.6 Å². The Bertz CT molecular complexity index is 495. The van der Waals surface area contributed by atoms with Crippen molar-refractivity contribution in [3.05, 3.63) is 30.1 Å². The van der Waals surface area contributed by atoms with Gasteiger partial charge in [0.05, 0.1) is 17.5 Å². The molecule has 2 aliphatic rings. The first kappa shape index (κ1) is 10.4. The number of fused-ring (bicyclic) bond motifs is 1. The van der Waals surface area contributed by atoms with Crippen LogP contribution in [0, 0.1) is 23.6 Å². The second-order valence-electron chi connectivity index (χ2n) is 4.41. The van der Waals surface area contributed by atoms with E-state index in [1.54, 1.807) is 6.07 Å². The fraction of sp³-hybridized carbons (Fsp3) is 0.333. The van der Waals surface area contributed by atoms with Crippen molar-refractivity contribution >= 4 is 17.5 Å². The molecule has 88 valence electrons. The molecule has 2 fully saturated rings. The van der Waals surface area contributed by atoms with Gasteiger partial charge < -0.3 is 5.73 Å². The molecule has 1 aliphatic heterocycles. The van der Waals surface area contributed by atoms with E-state index in [0.717, 1.165) is 4.90 Å². The Morgan fingerprint density at radius 2 is 1.76 bits per heavy atom. The Morgan fingerprint density at radius 3 is 2.29 bits per heavy atom. The number of carbonyl (C=O) groups excluding carboxylic acids is 2. The standard InChI is InChI=1S/C12H11FN2O2/c13-7-3-1-2-4-8(7)15-11(16)9-6(5-14)10(9)12(15)17/h1-4,6,9-10H,5,14H2. The summed E-state index contributed by atoms with van der Waals surface area (Å²) in [5, 5.41) is 0. The molecule has 5 heteroatoms. The number of hydrogen-bond donors (Lipinski definition) is 1. The van der Waals surface area contributed by atoms with Crippen molar-refractivity contribution in [1.29, 1.82) is 0 Å². The number of nitrogens with zero attached hydrogens (tertiary/aromatic N) is 1. The van der Waals surface area contributed by atoms with Crippen LogP contribution in [0.5, 0.6) is 0 Å². The molecule has 0 aromatic heterocycles. The van der Waals surface area contributed by atoms with E-state index in [1.165, 1.54) is 18.2 Å². The highest BCUT2D eigenvalue weighted by atomic mass is 19.1. The number of benzene rings is 1. The lowest BCUT2D eigenvalue weighted by Crippen LogP contribution is -2.36. The van der Waals surface area contributed by atoms with Crippen molar-refractivity contribution < 1.29 is 14.0 Å². The number of carbonyl (C=O) groups is 2. The summed E-state index contributed by atoms with van der Waals surface area (Å²) < 4.78 is 13.5. The van der Waals surface area contributed by atoms with Gasteiger partial charge in [-0.25, -0.2) is 9.29 Å². The molecule has 2 N–H and O–H groups in total. The van der Waals surface area contributed by atoms with Crippen LogP contribution >= 0.6 is 0 Å². The first-order valence-corrected chi connectivity index (χ1v) is 5.49. The van der Waals surface area contributed by atoms with Gasteiger partial charge in [-0.3, -0.25) is 9.59 Å². The van der Waals surface area contributed by atoms with Gasteiger partial charge in [0.25, 0.3) is 0 Å². The number of amides is 2. The summed E-state index contributed by atoms with van der Waals surface area (Å²) in [6.07, 6.45) is 0. The number of para-hydroxylation sites is 1. The van der Waals surface area contributed by atoms with Crippen molar-refractivity contribution in [3.8, 4) is 0 Å². The maximum Gasteiger partial charge on any atom is 0.238 e. The van der Waals surface area contributed by atoms with Crippen LogP contribution in [0.1, 0.15) is 0 Å². The molecule has 3 rings (SSSR count). The summed E-state index contributed by atoms with van der Waals surface area (Å²) in [6.45, 7) is 0.331. The van der Waals surface area contributed by atoms with E-state index >= 15 is 0 Å². The number of imide groups is 1. The number of anilines is 1. The van der Waals surface area contributed by atoms with Gasteiger partial charge in [-0.15, -0.1) is 0 Å². The SMILES string of the molecule is NCC1C2C(=O)N(c3ccccc3F)C(=O)C12. The Labute approximate surface area is 97.2 Å². The third-order valence-corrected chi connectivity index (χ3v) is 3.55. The first-order valence-electron chi connectivity index (χ1n) is 5.49. The Kier molecular flexibility index (Phi) is 2.06. The Balaban J connectivity index is 1.96. The molecular weight excluding hydrogens is 223 g/mol. The molecule has 2 atom stereocenters. The van der Waals surface area contributed by atoms with Crippen molar-refractivity contribution in [2.45, 2.75) is 0 Å². The fourth-order valence-corrected chi connectivity index (χ4v) is 2.62.